The van der Waals surface area contributed by atoms with Crippen molar-refractivity contribution in [1.82, 2.24) is 9.78 Å². The van der Waals surface area contributed by atoms with Crippen molar-refractivity contribution < 1.29 is 18.3 Å². The third kappa shape index (κ3) is 2.56. The van der Waals surface area contributed by atoms with Gasteiger partial charge in [0.1, 0.15) is 16.7 Å². The van der Waals surface area contributed by atoms with E-state index < -0.39 is 24.5 Å². The van der Waals surface area contributed by atoms with Crippen LogP contribution in [0.15, 0.2) is 18.2 Å². The summed E-state index contributed by atoms with van der Waals surface area (Å²) >= 11 is 11.4. The van der Waals surface area contributed by atoms with Crippen molar-refractivity contribution in [2.45, 2.75) is 13.0 Å². The molecule has 1 aromatic carbocycles. The Kier molecular flexibility index (Phi) is 4.03. The summed E-state index contributed by atoms with van der Waals surface area (Å²) in [5.41, 5.74) is -0.691. The fourth-order valence-corrected chi connectivity index (χ4v) is 1.96. The first-order valence-electron chi connectivity index (χ1n) is 5.07. The van der Waals surface area contributed by atoms with Crippen molar-refractivity contribution in [3.05, 3.63) is 45.4 Å². The largest absolute Gasteiger partial charge is 0.391 e. The second-order valence-corrected chi connectivity index (χ2v) is 4.39. The fraction of sp³-hybridized carbons (Fsp3) is 0.182. The van der Waals surface area contributed by atoms with E-state index in [1.165, 1.54) is 12.1 Å². The molecular weight excluding hydrogens is 304 g/mol. The van der Waals surface area contributed by atoms with Crippen LogP contribution in [-0.4, -0.2) is 14.9 Å². The summed E-state index contributed by atoms with van der Waals surface area (Å²) in [6.07, 6.45) is -2.89. The molecular formula is C11H7Cl2F3N2O. The van der Waals surface area contributed by atoms with Crippen LogP contribution in [-0.2, 0) is 6.61 Å². The van der Waals surface area contributed by atoms with E-state index in [2.05, 4.69) is 5.10 Å². The van der Waals surface area contributed by atoms with E-state index in [0.717, 1.165) is 10.7 Å². The van der Waals surface area contributed by atoms with Gasteiger partial charge in [0.25, 0.3) is 6.43 Å². The van der Waals surface area contributed by atoms with Gasteiger partial charge in [-0.2, -0.15) is 5.10 Å². The number of aromatic nitrogens is 2. The van der Waals surface area contributed by atoms with E-state index in [-0.39, 0.29) is 21.4 Å². The summed E-state index contributed by atoms with van der Waals surface area (Å²) in [6.45, 7) is -0.686. The number of hydrogen-bond donors (Lipinski definition) is 1. The molecule has 0 spiro atoms. The van der Waals surface area contributed by atoms with Crippen molar-refractivity contribution in [2.75, 3.05) is 0 Å². The van der Waals surface area contributed by atoms with Crippen LogP contribution < -0.4 is 0 Å². The molecule has 1 heterocycles. The second-order valence-electron chi connectivity index (χ2n) is 3.62. The fourth-order valence-electron chi connectivity index (χ4n) is 1.55. The summed E-state index contributed by atoms with van der Waals surface area (Å²) < 4.78 is 39.7. The standard InChI is InChI=1S/C11H7Cl2F3N2O/c12-7-2-1-5(3-8(7)14)18-10(13)6(4-19)9(17-18)11(15)16/h1-3,11,19H,4H2. The molecule has 0 aliphatic rings. The van der Waals surface area contributed by atoms with Crippen LogP contribution in [0.25, 0.3) is 5.69 Å². The molecule has 0 fully saturated rings. The SMILES string of the molecule is OCc1c(C(F)F)nn(-c2ccc(Cl)c(F)c2)c1Cl. The van der Waals surface area contributed by atoms with E-state index >= 15 is 0 Å². The van der Waals surface area contributed by atoms with Crippen LogP contribution >= 0.6 is 23.2 Å². The molecule has 8 heteroatoms. The first-order valence-corrected chi connectivity index (χ1v) is 5.83. The Labute approximate surface area is 116 Å². The highest BCUT2D eigenvalue weighted by molar-refractivity contribution is 6.31. The average molecular weight is 311 g/mol. The van der Waals surface area contributed by atoms with Crippen LogP contribution in [0.1, 0.15) is 17.7 Å². The zero-order chi connectivity index (χ0) is 14.2. The quantitative estimate of drug-likeness (QED) is 0.937. The molecule has 19 heavy (non-hydrogen) atoms. The van der Waals surface area contributed by atoms with Gasteiger partial charge in [-0.3, -0.25) is 0 Å². The molecule has 1 N–H and O–H groups in total. The molecule has 0 aliphatic heterocycles. The number of aliphatic hydroxyl groups excluding tert-OH is 1. The van der Waals surface area contributed by atoms with Gasteiger partial charge in [0, 0.05) is 11.6 Å². The molecule has 1 aromatic heterocycles. The van der Waals surface area contributed by atoms with Gasteiger partial charge in [-0.15, -0.1) is 0 Å². The van der Waals surface area contributed by atoms with Crippen LogP contribution in [0.2, 0.25) is 10.2 Å². The summed E-state index contributed by atoms with van der Waals surface area (Å²) in [5.74, 6) is -0.727. The maximum atomic E-state index is 13.3. The van der Waals surface area contributed by atoms with Gasteiger partial charge in [-0.05, 0) is 12.1 Å². The first kappa shape index (κ1) is 14.2. The molecule has 0 radical (unpaired) electrons. The number of halogens is 5. The molecule has 0 saturated heterocycles. The molecule has 3 nitrogen and oxygen atoms in total. The van der Waals surface area contributed by atoms with Gasteiger partial charge in [-0.25, -0.2) is 17.9 Å². The van der Waals surface area contributed by atoms with E-state index in [0.29, 0.717) is 0 Å². The third-order valence-electron chi connectivity index (χ3n) is 2.46. The van der Waals surface area contributed by atoms with Gasteiger partial charge in [0.05, 0.1) is 17.3 Å². The second kappa shape index (κ2) is 5.40. The average Bonchev–Trinajstić information content (AvgIpc) is 2.70. The Balaban J connectivity index is 2.59. The topological polar surface area (TPSA) is 38.1 Å². The lowest BCUT2D eigenvalue weighted by molar-refractivity contribution is 0.141. The zero-order valence-electron chi connectivity index (χ0n) is 9.25. The van der Waals surface area contributed by atoms with Crippen LogP contribution in [0.5, 0.6) is 0 Å². The Morgan fingerprint density at radius 1 is 1.32 bits per heavy atom. The highest BCUT2D eigenvalue weighted by Crippen LogP contribution is 2.30. The molecule has 0 unspecified atom stereocenters. The number of rotatable bonds is 3. The lowest BCUT2D eigenvalue weighted by atomic mass is 10.2. The van der Waals surface area contributed by atoms with E-state index in [1.54, 1.807) is 0 Å². The highest BCUT2D eigenvalue weighted by Gasteiger charge is 2.23. The number of hydrogen-bond acceptors (Lipinski definition) is 2. The Bertz CT molecular complexity index is 616. The molecule has 2 aromatic rings. The van der Waals surface area contributed by atoms with Crippen molar-refractivity contribution in [3.63, 3.8) is 0 Å². The Hall–Kier alpha value is -1.24. The van der Waals surface area contributed by atoms with E-state index in [4.69, 9.17) is 28.3 Å². The minimum atomic E-state index is -2.89. The van der Waals surface area contributed by atoms with Gasteiger partial charge >= 0.3 is 0 Å². The van der Waals surface area contributed by atoms with Crippen molar-refractivity contribution in [1.29, 1.82) is 0 Å². The molecule has 0 saturated carbocycles. The Morgan fingerprint density at radius 2 is 2.00 bits per heavy atom. The number of aliphatic hydroxyl groups is 1. The van der Waals surface area contributed by atoms with Gasteiger partial charge in [0.2, 0.25) is 0 Å². The molecule has 0 bridgehead atoms. The van der Waals surface area contributed by atoms with Crippen LogP contribution in [0.3, 0.4) is 0 Å². The van der Waals surface area contributed by atoms with Crippen LogP contribution in [0.4, 0.5) is 13.2 Å². The van der Waals surface area contributed by atoms with Crippen molar-refractivity contribution >= 4 is 23.2 Å². The van der Waals surface area contributed by atoms with Gasteiger partial charge < -0.3 is 5.11 Å². The summed E-state index contributed by atoms with van der Waals surface area (Å²) in [7, 11) is 0. The molecule has 0 amide bonds. The number of alkyl halides is 2. The van der Waals surface area contributed by atoms with Crippen molar-refractivity contribution in [2.24, 2.45) is 0 Å². The maximum absolute atomic E-state index is 13.3. The van der Waals surface area contributed by atoms with Gasteiger partial charge in [-0.1, -0.05) is 23.2 Å². The lowest BCUT2D eigenvalue weighted by Crippen LogP contribution is -1.98. The maximum Gasteiger partial charge on any atom is 0.282 e. The third-order valence-corrected chi connectivity index (χ3v) is 3.16. The van der Waals surface area contributed by atoms with Gasteiger partial charge in [0.15, 0.2) is 0 Å². The summed E-state index contributed by atoms with van der Waals surface area (Å²) in [4.78, 5) is 0. The van der Waals surface area contributed by atoms with E-state index in [9.17, 15) is 13.2 Å². The molecule has 102 valence electrons. The van der Waals surface area contributed by atoms with Crippen molar-refractivity contribution in [3.8, 4) is 5.69 Å². The minimum Gasteiger partial charge on any atom is -0.391 e. The molecule has 2 rings (SSSR count). The monoisotopic (exact) mass is 310 g/mol. The first-order chi connectivity index (χ1) is 8.95. The highest BCUT2D eigenvalue weighted by atomic mass is 35.5. The summed E-state index contributed by atoms with van der Waals surface area (Å²) in [5, 5.41) is 12.3. The zero-order valence-corrected chi connectivity index (χ0v) is 10.8. The summed E-state index contributed by atoms with van der Waals surface area (Å²) in [6, 6.07) is 3.64. The predicted molar refractivity (Wildman–Crippen MR) is 64.4 cm³/mol. The molecule has 0 atom stereocenters. The minimum absolute atomic E-state index is 0.108. The lowest BCUT2D eigenvalue weighted by Gasteiger charge is -2.04. The Morgan fingerprint density at radius 3 is 2.47 bits per heavy atom. The van der Waals surface area contributed by atoms with E-state index in [1.807, 2.05) is 0 Å². The normalized spacial score (nSPS) is 11.3. The number of benzene rings is 1. The smallest absolute Gasteiger partial charge is 0.282 e. The molecule has 0 aliphatic carbocycles. The predicted octanol–water partition coefficient (Wildman–Crippen LogP) is 3.75. The number of nitrogens with zero attached hydrogens (tertiary/aromatic N) is 2. The van der Waals surface area contributed by atoms with Crippen LogP contribution in [0, 0.1) is 5.82 Å².